The number of amides is 2. The van der Waals surface area contributed by atoms with E-state index in [1.54, 1.807) is 18.2 Å². The van der Waals surface area contributed by atoms with Crippen LogP contribution in [0.25, 0.3) is 0 Å². The van der Waals surface area contributed by atoms with Crippen molar-refractivity contribution in [1.82, 2.24) is 0 Å². The molecule has 0 bridgehead atoms. The van der Waals surface area contributed by atoms with Crippen LogP contribution in [0, 0.1) is 0 Å². The number of ether oxygens (including phenoxy) is 4. The number of carbonyl (C=O) groups is 2. The zero-order chi connectivity index (χ0) is 19.3. The van der Waals surface area contributed by atoms with Crippen molar-refractivity contribution in [2.75, 3.05) is 25.3 Å². The molecule has 28 heavy (non-hydrogen) atoms. The fourth-order valence-corrected chi connectivity index (χ4v) is 5.21. The molecule has 0 radical (unpaired) electrons. The van der Waals surface area contributed by atoms with Crippen molar-refractivity contribution in [2.45, 2.75) is 25.0 Å². The van der Waals surface area contributed by atoms with Gasteiger partial charge in [-0.25, -0.2) is 0 Å². The highest BCUT2D eigenvalue weighted by molar-refractivity contribution is 7.17. The molecule has 0 unspecified atom stereocenters. The van der Waals surface area contributed by atoms with Gasteiger partial charge in [0.05, 0.1) is 18.8 Å². The van der Waals surface area contributed by atoms with Gasteiger partial charge in [-0.2, -0.15) is 0 Å². The minimum absolute atomic E-state index is 0.135. The summed E-state index contributed by atoms with van der Waals surface area (Å²) in [7, 11) is 0. The molecule has 3 aliphatic rings. The Morgan fingerprint density at radius 3 is 2.71 bits per heavy atom. The number of primary amides is 1. The molecule has 2 amide bonds. The summed E-state index contributed by atoms with van der Waals surface area (Å²) >= 11 is 1.35. The molecule has 2 aliphatic heterocycles. The van der Waals surface area contributed by atoms with Crippen molar-refractivity contribution >= 4 is 28.2 Å². The molecule has 1 spiro atoms. The Balaban J connectivity index is 1.44. The zero-order valence-corrected chi connectivity index (χ0v) is 15.7. The summed E-state index contributed by atoms with van der Waals surface area (Å²) in [5.74, 6) is -0.399. The van der Waals surface area contributed by atoms with Crippen LogP contribution in [-0.4, -0.2) is 37.6 Å². The maximum absolute atomic E-state index is 12.7. The largest absolute Gasteiger partial charge is 0.454 e. The molecule has 1 fully saturated rings. The Hall–Kier alpha value is -2.62. The molecule has 0 atom stereocenters. The monoisotopic (exact) mass is 402 g/mol. The molecule has 8 nitrogen and oxygen atoms in total. The van der Waals surface area contributed by atoms with Crippen molar-refractivity contribution in [1.29, 1.82) is 0 Å². The third-order valence-electron chi connectivity index (χ3n) is 5.20. The molecule has 9 heteroatoms. The van der Waals surface area contributed by atoms with Gasteiger partial charge in [-0.1, -0.05) is 0 Å². The van der Waals surface area contributed by atoms with Crippen LogP contribution in [-0.2, 0) is 22.3 Å². The van der Waals surface area contributed by atoms with Crippen molar-refractivity contribution in [3.05, 3.63) is 39.8 Å². The van der Waals surface area contributed by atoms with Gasteiger partial charge in [-0.15, -0.1) is 11.3 Å². The highest BCUT2D eigenvalue weighted by Gasteiger charge is 2.42. The van der Waals surface area contributed by atoms with Crippen LogP contribution in [0.4, 0.5) is 5.00 Å². The van der Waals surface area contributed by atoms with Crippen molar-refractivity contribution < 1.29 is 28.5 Å². The summed E-state index contributed by atoms with van der Waals surface area (Å²) in [6.07, 6.45) is 1.82. The summed E-state index contributed by atoms with van der Waals surface area (Å²) in [5.41, 5.74) is 7.30. The fourth-order valence-electron chi connectivity index (χ4n) is 3.87. The lowest BCUT2D eigenvalue weighted by atomic mass is 9.90. The summed E-state index contributed by atoms with van der Waals surface area (Å²) < 4.78 is 22.2. The first-order valence-corrected chi connectivity index (χ1v) is 9.80. The minimum atomic E-state index is -0.620. The molecule has 3 N–H and O–H groups in total. The number of hydrogen-bond donors (Lipinski definition) is 2. The molecule has 5 rings (SSSR count). The summed E-state index contributed by atoms with van der Waals surface area (Å²) in [5, 5.41) is 3.29. The number of nitrogens with two attached hydrogens (primary N) is 1. The van der Waals surface area contributed by atoms with Gasteiger partial charge in [-0.05, 0) is 30.2 Å². The molecule has 1 aliphatic carbocycles. The van der Waals surface area contributed by atoms with E-state index >= 15 is 0 Å². The van der Waals surface area contributed by atoms with Crippen LogP contribution in [0.3, 0.4) is 0 Å². The van der Waals surface area contributed by atoms with Gasteiger partial charge < -0.3 is 30.0 Å². The van der Waals surface area contributed by atoms with Crippen molar-refractivity contribution in [3.8, 4) is 11.5 Å². The van der Waals surface area contributed by atoms with E-state index in [9.17, 15) is 9.59 Å². The lowest BCUT2D eigenvalue weighted by molar-refractivity contribution is -0.163. The average molecular weight is 402 g/mol. The number of thiophene rings is 1. The number of carbonyl (C=O) groups excluding carboxylic acids is 2. The number of rotatable bonds is 3. The number of hydrogen-bond acceptors (Lipinski definition) is 7. The molecule has 1 saturated heterocycles. The topological polar surface area (TPSA) is 109 Å². The average Bonchev–Trinajstić information content (AvgIpc) is 3.39. The Labute approximate surface area is 164 Å². The zero-order valence-electron chi connectivity index (χ0n) is 14.9. The number of nitrogens with one attached hydrogen (secondary N) is 1. The van der Waals surface area contributed by atoms with Crippen molar-refractivity contribution in [2.24, 2.45) is 5.73 Å². The smallest absolute Gasteiger partial charge is 0.256 e. The van der Waals surface area contributed by atoms with Gasteiger partial charge in [0.25, 0.3) is 11.8 Å². The predicted octanol–water partition coefficient (Wildman–Crippen LogP) is 2.06. The van der Waals surface area contributed by atoms with Crippen molar-refractivity contribution in [3.63, 3.8) is 0 Å². The highest BCUT2D eigenvalue weighted by atomic mass is 32.1. The van der Waals surface area contributed by atoms with Gasteiger partial charge in [0.15, 0.2) is 17.3 Å². The van der Waals surface area contributed by atoms with E-state index in [1.165, 1.54) is 11.3 Å². The lowest BCUT2D eigenvalue weighted by Gasteiger charge is -2.31. The van der Waals surface area contributed by atoms with Gasteiger partial charge in [0.1, 0.15) is 5.00 Å². The van der Waals surface area contributed by atoms with Crippen LogP contribution in [0.1, 0.15) is 37.6 Å². The van der Waals surface area contributed by atoms with Crippen LogP contribution >= 0.6 is 11.3 Å². The molecule has 3 heterocycles. The fraction of sp³-hybridized carbons (Fsp3) is 0.368. The lowest BCUT2D eigenvalue weighted by Crippen LogP contribution is -2.36. The second kappa shape index (κ2) is 6.47. The first-order chi connectivity index (χ1) is 13.5. The van der Waals surface area contributed by atoms with E-state index in [-0.39, 0.29) is 12.7 Å². The van der Waals surface area contributed by atoms with Gasteiger partial charge in [0.2, 0.25) is 6.79 Å². The van der Waals surface area contributed by atoms with E-state index in [4.69, 9.17) is 24.7 Å². The summed E-state index contributed by atoms with van der Waals surface area (Å²) in [6, 6.07) is 4.95. The van der Waals surface area contributed by atoms with Gasteiger partial charge in [-0.3, -0.25) is 9.59 Å². The summed E-state index contributed by atoms with van der Waals surface area (Å²) in [4.78, 5) is 25.8. The van der Waals surface area contributed by atoms with Crippen LogP contribution in [0.2, 0.25) is 0 Å². The van der Waals surface area contributed by atoms with E-state index in [2.05, 4.69) is 5.32 Å². The molecule has 2 aromatic rings. The number of anilines is 1. The molecular formula is C19H18N2O6S. The maximum atomic E-state index is 12.7. The Bertz CT molecular complexity index is 979. The molecular weight excluding hydrogens is 384 g/mol. The van der Waals surface area contributed by atoms with E-state index in [1.807, 2.05) is 0 Å². The Morgan fingerprint density at radius 2 is 1.93 bits per heavy atom. The second-order valence-corrected chi connectivity index (χ2v) is 7.98. The van der Waals surface area contributed by atoms with E-state index < -0.39 is 11.7 Å². The van der Waals surface area contributed by atoms with Gasteiger partial charge >= 0.3 is 0 Å². The SMILES string of the molecule is NC(=O)c1c(NC(=O)c2ccc3c(c2)OCO3)sc2c1CCC1(C2)OCCO1. The third kappa shape index (κ3) is 2.83. The standard InChI is InChI=1S/C19H18N2O6S/c20-16(22)15-11-3-4-19(26-5-6-27-19)8-14(11)28-18(15)21-17(23)10-1-2-12-13(7-10)25-9-24-12/h1-2,7H,3-6,8-9H2,(H2,20,22)(H,21,23). The number of fused-ring (bicyclic) bond motifs is 2. The van der Waals surface area contributed by atoms with Crippen LogP contribution in [0.5, 0.6) is 11.5 Å². The predicted molar refractivity (Wildman–Crippen MR) is 100 cm³/mol. The Morgan fingerprint density at radius 1 is 1.14 bits per heavy atom. The highest BCUT2D eigenvalue weighted by Crippen LogP contribution is 2.43. The first kappa shape index (κ1) is 17.5. The summed E-state index contributed by atoms with van der Waals surface area (Å²) in [6.45, 7) is 1.27. The first-order valence-electron chi connectivity index (χ1n) is 8.98. The number of benzene rings is 1. The normalized spacial score (nSPS) is 18.9. The van der Waals surface area contributed by atoms with Gasteiger partial charge in [0, 0.05) is 23.3 Å². The quantitative estimate of drug-likeness (QED) is 0.813. The van der Waals surface area contributed by atoms with E-state index in [0.717, 1.165) is 10.4 Å². The molecule has 0 saturated carbocycles. The third-order valence-corrected chi connectivity index (χ3v) is 6.35. The molecule has 1 aromatic carbocycles. The second-order valence-electron chi connectivity index (χ2n) is 6.88. The maximum Gasteiger partial charge on any atom is 0.256 e. The van der Waals surface area contributed by atoms with Crippen LogP contribution < -0.4 is 20.5 Å². The minimum Gasteiger partial charge on any atom is -0.454 e. The van der Waals surface area contributed by atoms with E-state index in [0.29, 0.717) is 60.1 Å². The Kier molecular flexibility index (Phi) is 4.04. The molecule has 1 aromatic heterocycles. The molecule has 146 valence electrons. The van der Waals surface area contributed by atoms with Crippen LogP contribution in [0.15, 0.2) is 18.2 Å².